The van der Waals surface area contributed by atoms with Gasteiger partial charge in [0, 0.05) is 12.5 Å². The minimum Gasteiger partial charge on any atom is -0.480 e. The number of hydrogen-bond donors (Lipinski definition) is 2. The molecule has 0 aliphatic heterocycles. The van der Waals surface area contributed by atoms with Gasteiger partial charge in [-0.25, -0.2) is 4.98 Å². The molecule has 2 N–H and O–H groups in total. The predicted octanol–water partition coefficient (Wildman–Crippen LogP) is 4.85. The van der Waals surface area contributed by atoms with Gasteiger partial charge < -0.3 is 14.8 Å². The smallest absolute Gasteiger partial charge is 0.261 e. The van der Waals surface area contributed by atoms with Crippen molar-refractivity contribution < 1.29 is 14.3 Å². The average Bonchev–Trinajstić information content (AvgIpc) is 3.36. The summed E-state index contributed by atoms with van der Waals surface area (Å²) in [5.41, 5.74) is 3.62. The van der Waals surface area contributed by atoms with E-state index >= 15 is 0 Å². The number of fused-ring (bicyclic) bond motifs is 1. The molecule has 0 aliphatic carbocycles. The lowest BCUT2D eigenvalue weighted by Crippen LogP contribution is -2.39. The monoisotopic (exact) mass is 461 g/mol. The maximum atomic E-state index is 12.8. The zero-order valence-electron chi connectivity index (χ0n) is 20.3. The molecule has 2 heterocycles. The van der Waals surface area contributed by atoms with Gasteiger partial charge in [0.05, 0.1) is 5.69 Å². The third-order valence-electron chi connectivity index (χ3n) is 5.69. The van der Waals surface area contributed by atoms with Crippen LogP contribution in [0.3, 0.4) is 0 Å². The number of nitrogens with one attached hydrogen (secondary N) is 2. The van der Waals surface area contributed by atoms with Crippen molar-refractivity contribution in [3.8, 4) is 17.2 Å². The fourth-order valence-electron chi connectivity index (χ4n) is 3.73. The number of carbonyl (C=O) groups is 1. The molecule has 2 atom stereocenters. The topological polar surface area (TPSA) is 93.5 Å². The summed E-state index contributed by atoms with van der Waals surface area (Å²) in [7, 11) is 0. The second-order valence-corrected chi connectivity index (χ2v) is 8.62. The number of aromatic amines is 1. The van der Waals surface area contributed by atoms with E-state index in [2.05, 4.69) is 20.5 Å². The first-order valence-electron chi connectivity index (χ1n) is 11.6. The van der Waals surface area contributed by atoms with Crippen LogP contribution in [0.2, 0.25) is 0 Å². The van der Waals surface area contributed by atoms with Crippen LogP contribution in [0.15, 0.2) is 48.5 Å². The van der Waals surface area contributed by atoms with Crippen LogP contribution >= 0.6 is 0 Å². The van der Waals surface area contributed by atoms with E-state index in [4.69, 9.17) is 9.47 Å². The average molecular weight is 462 g/mol. The van der Waals surface area contributed by atoms with Crippen LogP contribution < -0.4 is 14.8 Å². The number of nitrogens with zero attached hydrogens (tertiary/aromatic N) is 3. The molecule has 0 bridgehead atoms. The van der Waals surface area contributed by atoms with E-state index < -0.39 is 6.10 Å². The number of aryl methyl sites for hydroxylation is 3. The first-order chi connectivity index (χ1) is 16.4. The zero-order valence-corrected chi connectivity index (χ0v) is 20.3. The lowest BCUT2D eigenvalue weighted by Gasteiger charge is -2.19. The predicted molar refractivity (Wildman–Crippen MR) is 131 cm³/mol. The molecule has 0 radical (unpaired) electrons. The van der Waals surface area contributed by atoms with Gasteiger partial charge in [0.25, 0.3) is 5.91 Å². The fourth-order valence-corrected chi connectivity index (χ4v) is 3.73. The Hall–Kier alpha value is -3.81. The van der Waals surface area contributed by atoms with Gasteiger partial charge in [-0.2, -0.15) is 0 Å². The Kier molecular flexibility index (Phi) is 6.86. The molecular formula is C26H31N5O3. The second kappa shape index (κ2) is 9.99. The molecule has 8 nitrogen and oxygen atoms in total. The van der Waals surface area contributed by atoms with Crippen LogP contribution in [-0.2, 0) is 4.79 Å². The third kappa shape index (κ3) is 5.06. The standard InChI is InChI=1S/C26H31N5O3/c1-6-21(34-22-13-12-16(2)14-17(22)3)26(32)27-15-18(4)24-28-25-23(19(5)29-31(25)30-24)33-20-10-8-7-9-11-20/h7-14,18,21,29H,6,15H2,1-5H3,(H,27,32). The van der Waals surface area contributed by atoms with Crippen molar-refractivity contribution in [1.29, 1.82) is 0 Å². The minimum absolute atomic E-state index is 0.0965. The quantitative estimate of drug-likeness (QED) is 0.372. The Morgan fingerprint density at radius 1 is 1.15 bits per heavy atom. The number of ether oxygens (including phenoxy) is 2. The first kappa shape index (κ1) is 23.4. The molecular weight excluding hydrogens is 430 g/mol. The lowest BCUT2D eigenvalue weighted by atomic mass is 10.1. The molecule has 8 heteroatoms. The van der Waals surface area contributed by atoms with Crippen molar-refractivity contribution in [2.45, 2.75) is 53.1 Å². The maximum Gasteiger partial charge on any atom is 0.261 e. The van der Waals surface area contributed by atoms with Crippen LogP contribution in [0.25, 0.3) is 5.65 Å². The fraction of sp³-hybridized carbons (Fsp3) is 0.346. The van der Waals surface area contributed by atoms with Gasteiger partial charge >= 0.3 is 0 Å². The first-order valence-corrected chi connectivity index (χ1v) is 11.6. The van der Waals surface area contributed by atoms with E-state index in [9.17, 15) is 4.79 Å². The number of carbonyl (C=O) groups excluding carboxylic acids is 1. The number of aromatic nitrogens is 4. The van der Waals surface area contributed by atoms with E-state index in [1.165, 1.54) is 0 Å². The number of para-hydroxylation sites is 1. The molecule has 4 rings (SSSR count). The molecule has 1 amide bonds. The summed E-state index contributed by atoms with van der Waals surface area (Å²) in [5.74, 6) is 2.46. The maximum absolute atomic E-state index is 12.8. The summed E-state index contributed by atoms with van der Waals surface area (Å²) in [4.78, 5) is 17.5. The van der Waals surface area contributed by atoms with Gasteiger partial charge in [0.2, 0.25) is 5.65 Å². The van der Waals surface area contributed by atoms with E-state index in [0.717, 1.165) is 28.3 Å². The van der Waals surface area contributed by atoms with Crippen LogP contribution in [0, 0.1) is 20.8 Å². The number of rotatable bonds is 9. The van der Waals surface area contributed by atoms with Crippen molar-refractivity contribution in [2.75, 3.05) is 6.54 Å². The van der Waals surface area contributed by atoms with Gasteiger partial charge in [-0.3, -0.25) is 9.89 Å². The summed E-state index contributed by atoms with van der Waals surface area (Å²) in [6, 6.07) is 15.5. The Bertz CT molecular complexity index is 1280. The summed E-state index contributed by atoms with van der Waals surface area (Å²) >= 11 is 0. The molecule has 0 aliphatic rings. The summed E-state index contributed by atoms with van der Waals surface area (Å²) in [6.45, 7) is 10.2. The summed E-state index contributed by atoms with van der Waals surface area (Å²) < 4.78 is 13.6. The molecule has 2 aromatic carbocycles. The van der Waals surface area contributed by atoms with Crippen LogP contribution in [0.1, 0.15) is 48.8 Å². The molecule has 2 aromatic heterocycles. The lowest BCUT2D eigenvalue weighted by molar-refractivity contribution is -0.128. The molecule has 0 fully saturated rings. The van der Waals surface area contributed by atoms with Crippen molar-refractivity contribution >= 4 is 11.6 Å². The van der Waals surface area contributed by atoms with Crippen LogP contribution in [-0.4, -0.2) is 38.4 Å². The molecule has 2 unspecified atom stereocenters. The van der Waals surface area contributed by atoms with Gasteiger partial charge in [-0.15, -0.1) is 9.73 Å². The molecule has 34 heavy (non-hydrogen) atoms. The zero-order chi connectivity index (χ0) is 24.2. The largest absolute Gasteiger partial charge is 0.480 e. The van der Waals surface area contributed by atoms with Crippen molar-refractivity contribution in [2.24, 2.45) is 0 Å². The highest BCUT2D eigenvalue weighted by molar-refractivity contribution is 5.81. The molecule has 0 saturated heterocycles. The van der Waals surface area contributed by atoms with E-state index in [1.54, 1.807) is 4.63 Å². The van der Waals surface area contributed by atoms with Crippen LogP contribution in [0.4, 0.5) is 0 Å². The second-order valence-electron chi connectivity index (χ2n) is 8.62. The Morgan fingerprint density at radius 2 is 1.91 bits per heavy atom. The van der Waals surface area contributed by atoms with E-state index in [0.29, 0.717) is 30.2 Å². The third-order valence-corrected chi connectivity index (χ3v) is 5.69. The van der Waals surface area contributed by atoms with E-state index in [-0.39, 0.29) is 11.8 Å². The number of benzene rings is 2. The Balaban J connectivity index is 1.41. The van der Waals surface area contributed by atoms with Crippen molar-refractivity contribution in [3.05, 3.63) is 71.2 Å². The Morgan fingerprint density at radius 3 is 2.62 bits per heavy atom. The normalized spacial score (nSPS) is 13.0. The van der Waals surface area contributed by atoms with Gasteiger partial charge in [-0.1, -0.05) is 49.7 Å². The Labute approximate surface area is 199 Å². The van der Waals surface area contributed by atoms with Crippen molar-refractivity contribution in [3.63, 3.8) is 0 Å². The molecule has 0 saturated carbocycles. The van der Waals surface area contributed by atoms with Gasteiger partial charge in [-0.05, 0) is 51.0 Å². The summed E-state index contributed by atoms with van der Waals surface area (Å²) in [5, 5.41) is 10.7. The molecule has 0 spiro atoms. The SMILES string of the molecule is CCC(Oc1ccc(C)cc1C)C(=O)NCC(C)c1nc2c(Oc3ccccc3)c(C)[nH]n2n1. The molecule has 4 aromatic rings. The minimum atomic E-state index is -0.563. The highest BCUT2D eigenvalue weighted by Gasteiger charge is 2.23. The summed E-state index contributed by atoms with van der Waals surface area (Å²) in [6.07, 6.45) is 0.00494. The number of hydrogen-bond acceptors (Lipinski definition) is 5. The highest BCUT2D eigenvalue weighted by Crippen LogP contribution is 2.29. The molecule has 178 valence electrons. The van der Waals surface area contributed by atoms with Gasteiger partial charge in [0.15, 0.2) is 17.7 Å². The van der Waals surface area contributed by atoms with Crippen molar-refractivity contribution in [1.82, 2.24) is 25.1 Å². The van der Waals surface area contributed by atoms with Crippen LogP contribution in [0.5, 0.6) is 17.2 Å². The van der Waals surface area contributed by atoms with Gasteiger partial charge in [0.1, 0.15) is 11.5 Å². The van der Waals surface area contributed by atoms with E-state index in [1.807, 2.05) is 83.1 Å². The highest BCUT2D eigenvalue weighted by atomic mass is 16.5. The number of H-pyrrole nitrogens is 1. The number of amides is 1.